The minimum atomic E-state index is -0.868. The van der Waals surface area contributed by atoms with E-state index < -0.39 is 11.2 Å². The summed E-state index contributed by atoms with van der Waals surface area (Å²) in [4.78, 5) is 23.2. The van der Waals surface area contributed by atoms with Gasteiger partial charge in [-0.05, 0) is 30.4 Å². The monoisotopic (exact) mass is 309 g/mol. The van der Waals surface area contributed by atoms with Crippen molar-refractivity contribution in [2.24, 2.45) is 5.92 Å². The number of carboxylic acid groups (broad SMARTS) is 1. The minimum Gasteiger partial charge on any atom is -0.480 e. The molecule has 0 saturated heterocycles. The Morgan fingerprint density at radius 2 is 2.00 bits per heavy atom. The lowest BCUT2D eigenvalue weighted by Gasteiger charge is -2.16. The van der Waals surface area contributed by atoms with E-state index >= 15 is 0 Å². The predicted octanol–water partition coefficient (Wildman–Crippen LogP) is 3.34. The standard InChI is InChI=1S/C16H23NO3S/c1-5-12-8-6-7-11(4)14(12)17-13(18)9-21-15(10(2)3)16(19)20/h6-8,10,15H,5,9H2,1-4H3,(H,17,18)(H,19,20). The number of rotatable bonds is 7. The topological polar surface area (TPSA) is 66.4 Å². The Hall–Kier alpha value is -1.49. The maximum Gasteiger partial charge on any atom is 0.316 e. The second-order valence-corrected chi connectivity index (χ2v) is 6.45. The van der Waals surface area contributed by atoms with Gasteiger partial charge in [-0.3, -0.25) is 9.59 Å². The van der Waals surface area contributed by atoms with E-state index in [1.54, 1.807) is 0 Å². The van der Waals surface area contributed by atoms with Crippen LogP contribution in [-0.4, -0.2) is 28.0 Å². The second-order valence-electron chi connectivity index (χ2n) is 5.32. The zero-order chi connectivity index (χ0) is 16.0. The summed E-state index contributed by atoms with van der Waals surface area (Å²) in [5.74, 6) is -0.888. The Balaban J connectivity index is 2.68. The van der Waals surface area contributed by atoms with Crippen LogP contribution in [0, 0.1) is 12.8 Å². The quantitative estimate of drug-likeness (QED) is 0.810. The van der Waals surface area contributed by atoms with Crippen LogP contribution in [0.15, 0.2) is 18.2 Å². The molecule has 4 nitrogen and oxygen atoms in total. The molecule has 0 fully saturated rings. The van der Waals surface area contributed by atoms with Gasteiger partial charge in [0.25, 0.3) is 0 Å². The zero-order valence-electron chi connectivity index (χ0n) is 13.0. The maximum absolute atomic E-state index is 12.1. The van der Waals surface area contributed by atoms with Crippen molar-refractivity contribution in [2.45, 2.75) is 39.4 Å². The van der Waals surface area contributed by atoms with Gasteiger partial charge in [0.1, 0.15) is 5.25 Å². The lowest BCUT2D eigenvalue weighted by atomic mass is 10.1. The van der Waals surface area contributed by atoms with Gasteiger partial charge in [-0.2, -0.15) is 0 Å². The van der Waals surface area contributed by atoms with Gasteiger partial charge in [-0.25, -0.2) is 0 Å². The normalized spacial score (nSPS) is 12.2. The number of hydrogen-bond donors (Lipinski definition) is 2. The van der Waals surface area contributed by atoms with Crippen molar-refractivity contribution >= 4 is 29.3 Å². The van der Waals surface area contributed by atoms with Crippen LogP contribution >= 0.6 is 11.8 Å². The van der Waals surface area contributed by atoms with Crippen molar-refractivity contribution in [3.63, 3.8) is 0 Å². The highest BCUT2D eigenvalue weighted by Gasteiger charge is 2.23. The van der Waals surface area contributed by atoms with E-state index in [0.717, 1.165) is 23.2 Å². The van der Waals surface area contributed by atoms with Gasteiger partial charge in [0.15, 0.2) is 0 Å². The number of nitrogens with one attached hydrogen (secondary N) is 1. The van der Waals surface area contributed by atoms with Crippen molar-refractivity contribution in [2.75, 3.05) is 11.1 Å². The summed E-state index contributed by atoms with van der Waals surface area (Å²) in [6, 6.07) is 5.91. The number of aliphatic carboxylic acids is 1. The maximum atomic E-state index is 12.1. The lowest BCUT2D eigenvalue weighted by Crippen LogP contribution is -2.26. The van der Waals surface area contributed by atoms with Crippen molar-refractivity contribution < 1.29 is 14.7 Å². The highest BCUT2D eigenvalue weighted by Crippen LogP contribution is 2.23. The average Bonchev–Trinajstić information content (AvgIpc) is 2.40. The van der Waals surface area contributed by atoms with E-state index in [-0.39, 0.29) is 17.6 Å². The van der Waals surface area contributed by atoms with Crippen LogP contribution in [-0.2, 0) is 16.0 Å². The van der Waals surface area contributed by atoms with Crippen LogP contribution in [0.2, 0.25) is 0 Å². The summed E-state index contributed by atoms with van der Waals surface area (Å²) in [6.07, 6.45) is 0.841. The number of carboxylic acids is 1. The molecular weight excluding hydrogens is 286 g/mol. The molecule has 0 heterocycles. The molecular formula is C16H23NO3S. The van der Waals surface area contributed by atoms with Crippen LogP contribution in [0.5, 0.6) is 0 Å². The van der Waals surface area contributed by atoms with Crippen molar-refractivity contribution in [1.29, 1.82) is 0 Å². The summed E-state index contributed by atoms with van der Waals surface area (Å²) < 4.78 is 0. The Morgan fingerprint density at radius 3 is 2.52 bits per heavy atom. The molecule has 0 aliphatic rings. The van der Waals surface area contributed by atoms with Crippen LogP contribution in [0.1, 0.15) is 31.9 Å². The Labute approximate surface area is 130 Å². The largest absolute Gasteiger partial charge is 0.480 e. The molecule has 116 valence electrons. The fraction of sp³-hybridized carbons (Fsp3) is 0.500. The molecule has 0 aliphatic carbocycles. The van der Waals surface area contributed by atoms with Crippen molar-refractivity contribution in [3.05, 3.63) is 29.3 Å². The summed E-state index contributed by atoms with van der Waals surface area (Å²) >= 11 is 1.17. The Morgan fingerprint density at radius 1 is 1.33 bits per heavy atom. The fourth-order valence-electron chi connectivity index (χ4n) is 2.09. The zero-order valence-corrected chi connectivity index (χ0v) is 13.8. The van der Waals surface area contributed by atoms with E-state index in [4.69, 9.17) is 5.11 Å². The minimum absolute atomic E-state index is 0.00929. The third-order valence-corrected chi connectivity index (χ3v) is 4.78. The molecule has 0 bridgehead atoms. The molecule has 1 aromatic rings. The number of carbonyl (C=O) groups is 2. The van der Waals surface area contributed by atoms with Gasteiger partial charge >= 0.3 is 5.97 Å². The highest BCUT2D eigenvalue weighted by atomic mass is 32.2. The van der Waals surface area contributed by atoms with Crippen LogP contribution in [0.3, 0.4) is 0 Å². The van der Waals surface area contributed by atoms with Gasteiger partial charge in [-0.15, -0.1) is 11.8 Å². The Kier molecular flexibility index (Phi) is 6.75. The summed E-state index contributed by atoms with van der Waals surface area (Å²) in [5.41, 5.74) is 2.96. The number of amides is 1. The van der Waals surface area contributed by atoms with Crippen molar-refractivity contribution in [1.82, 2.24) is 0 Å². The van der Waals surface area contributed by atoms with E-state index in [9.17, 15) is 9.59 Å². The summed E-state index contributed by atoms with van der Waals surface area (Å²) in [6.45, 7) is 7.69. The summed E-state index contributed by atoms with van der Waals surface area (Å²) in [5, 5.41) is 11.5. The molecule has 1 rings (SSSR count). The third-order valence-electron chi connectivity index (χ3n) is 3.25. The predicted molar refractivity (Wildman–Crippen MR) is 87.9 cm³/mol. The first-order chi connectivity index (χ1) is 9.86. The molecule has 2 N–H and O–H groups in total. The molecule has 1 atom stereocenters. The number of hydrogen-bond acceptors (Lipinski definition) is 3. The fourth-order valence-corrected chi connectivity index (χ4v) is 3.02. The third kappa shape index (κ3) is 5.08. The first kappa shape index (κ1) is 17.6. The molecule has 5 heteroatoms. The first-order valence-corrected chi connectivity index (χ1v) is 8.14. The smallest absolute Gasteiger partial charge is 0.316 e. The number of para-hydroxylation sites is 1. The molecule has 1 unspecified atom stereocenters. The first-order valence-electron chi connectivity index (χ1n) is 7.09. The van der Waals surface area contributed by atoms with E-state index in [1.165, 1.54) is 11.8 Å². The van der Waals surface area contributed by atoms with E-state index in [2.05, 4.69) is 5.32 Å². The number of anilines is 1. The average molecular weight is 309 g/mol. The van der Waals surface area contributed by atoms with Gasteiger partial charge in [0, 0.05) is 5.69 Å². The van der Waals surface area contributed by atoms with E-state index in [1.807, 2.05) is 45.9 Å². The molecule has 0 spiro atoms. The second kappa shape index (κ2) is 8.08. The molecule has 1 amide bonds. The number of thioether (sulfide) groups is 1. The SMILES string of the molecule is CCc1cccc(C)c1NC(=O)CSC(C(=O)O)C(C)C. The van der Waals surface area contributed by atoms with Gasteiger partial charge in [-0.1, -0.05) is 39.0 Å². The van der Waals surface area contributed by atoms with Gasteiger partial charge in [0.05, 0.1) is 5.75 Å². The van der Waals surface area contributed by atoms with Crippen molar-refractivity contribution in [3.8, 4) is 0 Å². The highest BCUT2D eigenvalue weighted by molar-refractivity contribution is 8.01. The number of aryl methyl sites for hydroxylation is 2. The van der Waals surface area contributed by atoms with Gasteiger partial charge in [0.2, 0.25) is 5.91 Å². The number of benzene rings is 1. The molecule has 0 radical (unpaired) electrons. The molecule has 0 aromatic heterocycles. The molecule has 21 heavy (non-hydrogen) atoms. The van der Waals surface area contributed by atoms with Crippen LogP contribution < -0.4 is 5.32 Å². The van der Waals surface area contributed by atoms with Crippen LogP contribution in [0.25, 0.3) is 0 Å². The Bertz CT molecular complexity index is 514. The summed E-state index contributed by atoms with van der Waals surface area (Å²) in [7, 11) is 0. The van der Waals surface area contributed by atoms with E-state index in [0.29, 0.717) is 0 Å². The molecule has 1 aromatic carbocycles. The molecule has 0 saturated carbocycles. The number of carbonyl (C=O) groups excluding carboxylic acids is 1. The lowest BCUT2D eigenvalue weighted by molar-refractivity contribution is -0.137. The van der Waals surface area contributed by atoms with Gasteiger partial charge < -0.3 is 10.4 Å². The van der Waals surface area contributed by atoms with Crippen LogP contribution in [0.4, 0.5) is 5.69 Å². The molecule has 0 aliphatic heterocycles.